The van der Waals surface area contributed by atoms with Crippen molar-refractivity contribution >= 4 is 53.3 Å². The Hall–Kier alpha value is -3.08. The molecule has 1 heterocycles. The first kappa shape index (κ1) is 32.9. The van der Waals surface area contributed by atoms with Crippen LogP contribution in [0.1, 0.15) is 66.9 Å². The Morgan fingerprint density at radius 1 is 0.868 bits per heavy atom. The third-order valence-electron chi connectivity index (χ3n) is 5.41. The highest BCUT2D eigenvalue weighted by atomic mass is 35.5. The number of halogens is 1. The molecule has 0 amide bonds. The molecule has 202 valence electrons. The molecular formula is C33H40ClNO2S. The number of carbonyl (C=O) groups is 1. The van der Waals surface area contributed by atoms with E-state index < -0.39 is 0 Å². The molecule has 0 unspecified atom stereocenters. The van der Waals surface area contributed by atoms with Gasteiger partial charge < -0.3 is 4.74 Å². The summed E-state index contributed by atoms with van der Waals surface area (Å²) < 4.78 is 4.89. The lowest BCUT2D eigenvalue weighted by Gasteiger charge is -2.08. The number of hydrogen-bond donors (Lipinski definition) is 1. The number of carbonyl (C=O) groups excluding carboxylic acids is 1. The number of thiol groups is 1. The van der Waals surface area contributed by atoms with E-state index in [9.17, 15) is 4.79 Å². The van der Waals surface area contributed by atoms with E-state index in [4.69, 9.17) is 16.3 Å². The zero-order valence-electron chi connectivity index (χ0n) is 23.4. The number of pyridine rings is 1. The van der Waals surface area contributed by atoms with Crippen LogP contribution in [-0.4, -0.2) is 24.3 Å². The van der Waals surface area contributed by atoms with Crippen molar-refractivity contribution in [3.63, 3.8) is 0 Å². The lowest BCUT2D eigenvalue weighted by Crippen LogP contribution is -2.05. The molecule has 0 saturated heterocycles. The third-order valence-corrected chi connectivity index (χ3v) is 5.64. The van der Waals surface area contributed by atoms with Crippen LogP contribution >= 0.6 is 24.2 Å². The fourth-order valence-corrected chi connectivity index (χ4v) is 3.93. The lowest BCUT2D eigenvalue weighted by molar-refractivity contribution is 0.0599. The number of benzene rings is 3. The van der Waals surface area contributed by atoms with Crippen molar-refractivity contribution in [1.82, 2.24) is 4.98 Å². The number of fused-ring (bicyclic) bond motifs is 1. The van der Waals surface area contributed by atoms with Crippen LogP contribution in [0.25, 0.3) is 23.1 Å². The first-order valence-electron chi connectivity index (χ1n) is 13.1. The topological polar surface area (TPSA) is 39.2 Å². The zero-order valence-corrected chi connectivity index (χ0v) is 25.0. The van der Waals surface area contributed by atoms with E-state index in [2.05, 4.69) is 54.0 Å². The van der Waals surface area contributed by atoms with Crippen LogP contribution in [0.4, 0.5) is 0 Å². The normalized spacial score (nSPS) is 9.89. The summed E-state index contributed by atoms with van der Waals surface area (Å²) in [5, 5.41) is 1.76. The third kappa shape index (κ3) is 10.4. The van der Waals surface area contributed by atoms with Crippen LogP contribution in [0, 0.1) is 0 Å². The molecule has 0 aliphatic rings. The van der Waals surface area contributed by atoms with Gasteiger partial charge in [-0.1, -0.05) is 100.0 Å². The van der Waals surface area contributed by atoms with Crippen molar-refractivity contribution in [1.29, 1.82) is 0 Å². The van der Waals surface area contributed by atoms with Crippen LogP contribution < -0.4 is 0 Å². The second kappa shape index (κ2) is 19.1. The predicted octanol–water partition coefficient (Wildman–Crippen LogP) is 9.62. The maximum Gasteiger partial charge on any atom is 0.338 e. The highest BCUT2D eigenvalue weighted by Crippen LogP contribution is 2.19. The van der Waals surface area contributed by atoms with Gasteiger partial charge in [0.2, 0.25) is 0 Å². The van der Waals surface area contributed by atoms with Gasteiger partial charge in [0.1, 0.15) is 0 Å². The lowest BCUT2D eigenvalue weighted by atomic mass is 9.99. The molecule has 0 aliphatic heterocycles. The highest BCUT2D eigenvalue weighted by Gasteiger charge is 2.10. The van der Waals surface area contributed by atoms with Gasteiger partial charge in [0.05, 0.1) is 23.9 Å². The Morgan fingerprint density at radius 3 is 2.32 bits per heavy atom. The van der Waals surface area contributed by atoms with Gasteiger partial charge in [0.25, 0.3) is 0 Å². The molecule has 5 heteroatoms. The van der Waals surface area contributed by atoms with Gasteiger partial charge >= 0.3 is 5.97 Å². The van der Waals surface area contributed by atoms with Gasteiger partial charge in [-0.3, -0.25) is 0 Å². The summed E-state index contributed by atoms with van der Waals surface area (Å²) in [6.07, 6.45) is 8.51. The van der Waals surface area contributed by atoms with Crippen LogP contribution in [0.5, 0.6) is 0 Å². The largest absolute Gasteiger partial charge is 0.465 e. The van der Waals surface area contributed by atoms with E-state index in [0.717, 1.165) is 47.0 Å². The first-order chi connectivity index (χ1) is 18.6. The van der Waals surface area contributed by atoms with Gasteiger partial charge in [-0.2, -0.15) is 12.6 Å². The minimum atomic E-state index is -0.280. The second-order valence-corrected chi connectivity index (χ2v) is 8.09. The van der Waals surface area contributed by atoms with Gasteiger partial charge in [-0.25, -0.2) is 9.78 Å². The smallest absolute Gasteiger partial charge is 0.338 e. The van der Waals surface area contributed by atoms with Crippen molar-refractivity contribution in [2.24, 2.45) is 0 Å². The minimum absolute atomic E-state index is 0.280. The standard InChI is InChI=1S/C28H24ClNO2.2C2H6.CH4S/c1-32-28(31)26-11-3-2-9-22(26)10-5-8-20-6-4-7-21(18-20)12-16-25-17-14-23-13-15-24(29)19-27(23)30-25;3*1-2/h2-4,6-7,9,11-19H,5,8,10H2,1H3;2*1-2H3;2H,1H3/b16-12+;;;. The van der Waals surface area contributed by atoms with E-state index >= 15 is 0 Å². The average Bonchev–Trinajstić information content (AvgIpc) is 2.99. The van der Waals surface area contributed by atoms with Gasteiger partial charge in [-0.05, 0) is 72.6 Å². The Bertz CT molecular complexity index is 1290. The van der Waals surface area contributed by atoms with Crippen molar-refractivity contribution in [3.05, 3.63) is 112 Å². The van der Waals surface area contributed by atoms with Crippen molar-refractivity contribution in [3.8, 4) is 0 Å². The highest BCUT2D eigenvalue weighted by molar-refractivity contribution is 7.79. The summed E-state index contributed by atoms with van der Waals surface area (Å²) >= 11 is 9.62. The summed E-state index contributed by atoms with van der Waals surface area (Å²) in [7, 11) is 1.42. The van der Waals surface area contributed by atoms with E-state index in [1.54, 1.807) is 6.26 Å². The number of methoxy groups -OCH3 is 1. The molecule has 0 spiro atoms. The Kier molecular flexibility index (Phi) is 16.5. The summed E-state index contributed by atoms with van der Waals surface area (Å²) in [5.74, 6) is -0.280. The Labute approximate surface area is 239 Å². The summed E-state index contributed by atoms with van der Waals surface area (Å²) in [5.41, 5.74) is 5.85. The number of ether oxygens (including phenoxy) is 1. The molecule has 0 fully saturated rings. The number of aryl methyl sites for hydroxylation is 2. The van der Waals surface area contributed by atoms with Crippen molar-refractivity contribution in [2.75, 3.05) is 13.4 Å². The van der Waals surface area contributed by atoms with Gasteiger partial charge in [-0.15, -0.1) is 0 Å². The molecule has 4 rings (SSSR count). The number of hydrogen-bond acceptors (Lipinski definition) is 4. The number of rotatable bonds is 7. The van der Waals surface area contributed by atoms with E-state index in [0.29, 0.717) is 10.6 Å². The molecule has 0 atom stereocenters. The second-order valence-electron chi connectivity index (χ2n) is 7.65. The van der Waals surface area contributed by atoms with Crippen LogP contribution in [0.3, 0.4) is 0 Å². The average molecular weight is 550 g/mol. The van der Waals surface area contributed by atoms with Crippen LogP contribution in [-0.2, 0) is 17.6 Å². The molecule has 0 N–H and O–H groups in total. The van der Waals surface area contributed by atoms with Gasteiger partial charge in [0.15, 0.2) is 0 Å². The Balaban J connectivity index is 0.00000112. The maximum atomic E-state index is 11.9. The number of nitrogens with zero attached hydrogens (tertiary/aromatic N) is 1. The van der Waals surface area contributed by atoms with Crippen molar-refractivity contribution < 1.29 is 9.53 Å². The molecular weight excluding hydrogens is 510 g/mol. The molecule has 0 saturated carbocycles. The molecule has 38 heavy (non-hydrogen) atoms. The minimum Gasteiger partial charge on any atom is -0.465 e. The number of aromatic nitrogens is 1. The Morgan fingerprint density at radius 2 is 1.58 bits per heavy atom. The molecule has 0 aliphatic carbocycles. The zero-order chi connectivity index (χ0) is 28.3. The van der Waals surface area contributed by atoms with E-state index in [1.165, 1.54) is 12.7 Å². The fourth-order valence-electron chi connectivity index (χ4n) is 3.76. The van der Waals surface area contributed by atoms with Crippen molar-refractivity contribution in [2.45, 2.75) is 47.0 Å². The summed E-state index contributed by atoms with van der Waals surface area (Å²) in [4.78, 5) is 16.6. The van der Waals surface area contributed by atoms with Crippen LogP contribution in [0.2, 0.25) is 5.02 Å². The van der Waals surface area contributed by atoms with E-state index in [-0.39, 0.29) is 5.97 Å². The number of esters is 1. The molecule has 4 aromatic rings. The first-order valence-corrected chi connectivity index (χ1v) is 14.3. The van der Waals surface area contributed by atoms with Gasteiger partial charge in [0, 0.05) is 10.4 Å². The maximum absolute atomic E-state index is 11.9. The quantitative estimate of drug-likeness (QED) is 0.184. The fraction of sp³-hybridized carbons (Fsp3) is 0.273. The van der Waals surface area contributed by atoms with E-state index in [1.807, 2.05) is 82.3 Å². The molecule has 0 radical (unpaired) electrons. The molecule has 3 aromatic carbocycles. The predicted molar refractivity (Wildman–Crippen MR) is 170 cm³/mol. The SMILES string of the molecule is CC.CC.COC(=O)c1ccccc1CCCc1cccc(/C=C/c2ccc3ccc(Cl)cc3n2)c1.CS. The molecule has 3 nitrogen and oxygen atoms in total. The summed E-state index contributed by atoms with van der Waals surface area (Å²) in [6.45, 7) is 8.00. The van der Waals surface area contributed by atoms with Crippen LogP contribution in [0.15, 0.2) is 78.9 Å². The molecule has 0 bridgehead atoms. The molecule has 1 aromatic heterocycles. The summed E-state index contributed by atoms with van der Waals surface area (Å²) in [6, 6.07) is 25.9. The monoisotopic (exact) mass is 549 g/mol.